The summed E-state index contributed by atoms with van der Waals surface area (Å²) in [7, 11) is 0. The molecule has 2 heteroatoms. The topological polar surface area (TPSA) is 40.5 Å². The number of hydrogen-bond donors (Lipinski definition) is 2. The molecule has 0 saturated heterocycles. The van der Waals surface area contributed by atoms with E-state index in [-0.39, 0.29) is 11.3 Å². The van der Waals surface area contributed by atoms with Gasteiger partial charge in [-0.15, -0.1) is 0 Å². The molecular weight excluding hydrogens is 236 g/mol. The van der Waals surface area contributed by atoms with Gasteiger partial charge in [0.2, 0.25) is 0 Å². The van der Waals surface area contributed by atoms with Crippen LogP contribution in [0.15, 0.2) is 48.1 Å². The number of fused-ring (bicyclic) bond motifs is 4. The molecule has 1 fully saturated rings. The average molecular weight is 254 g/mol. The standard InChI is InChI=1S/C17H18O2/c18-17(19)9-3-5-13-8-11-16(15(13)17)10-7-12-4-1-2-6-14(12)16/h1-6,9,15,18-19H,7-8,10-11H2. The van der Waals surface area contributed by atoms with E-state index in [0.29, 0.717) is 0 Å². The van der Waals surface area contributed by atoms with Crippen LogP contribution in [-0.2, 0) is 11.8 Å². The molecule has 0 amide bonds. The van der Waals surface area contributed by atoms with E-state index >= 15 is 0 Å². The van der Waals surface area contributed by atoms with Crippen LogP contribution in [0.4, 0.5) is 0 Å². The molecule has 0 aliphatic heterocycles. The Morgan fingerprint density at radius 1 is 1.05 bits per heavy atom. The Balaban J connectivity index is 1.90. The Morgan fingerprint density at radius 3 is 2.74 bits per heavy atom. The van der Waals surface area contributed by atoms with Gasteiger partial charge >= 0.3 is 0 Å². The van der Waals surface area contributed by atoms with E-state index < -0.39 is 5.79 Å². The van der Waals surface area contributed by atoms with E-state index in [2.05, 4.69) is 30.3 Å². The highest BCUT2D eigenvalue weighted by atomic mass is 16.5. The van der Waals surface area contributed by atoms with Crippen molar-refractivity contribution < 1.29 is 10.2 Å². The fourth-order valence-corrected chi connectivity index (χ4v) is 4.56. The fraction of sp³-hybridized carbons (Fsp3) is 0.412. The van der Waals surface area contributed by atoms with Crippen LogP contribution in [0.3, 0.4) is 0 Å². The summed E-state index contributed by atoms with van der Waals surface area (Å²) in [4.78, 5) is 0. The van der Waals surface area contributed by atoms with Gasteiger partial charge in [0.05, 0.1) is 0 Å². The van der Waals surface area contributed by atoms with Crippen molar-refractivity contribution in [2.24, 2.45) is 5.92 Å². The summed E-state index contributed by atoms with van der Waals surface area (Å²) in [6, 6.07) is 8.51. The second-order valence-corrected chi connectivity index (χ2v) is 6.13. The summed E-state index contributed by atoms with van der Waals surface area (Å²) in [6.45, 7) is 0. The Morgan fingerprint density at radius 2 is 1.84 bits per heavy atom. The molecule has 98 valence electrons. The molecular formula is C17H18O2. The molecule has 0 bridgehead atoms. The number of allylic oxidation sites excluding steroid dienone is 2. The molecule has 0 radical (unpaired) electrons. The van der Waals surface area contributed by atoms with Gasteiger partial charge in [0.15, 0.2) is 5.79 Å². The second kappa shape index (κ2) is 3.59. The van der Waals surface area contributed by atoms with Crippen molar-refractivity contribution in [3.8, 4) is 0 Å². The van der Waals surface area contributed by atoms with Crippen LogP contribution in [0.5, 0.6) is 0 Å². The van der Waals surface area contributed by atoms with E-state index in [1.54, 1.807) is 6.08 Å². The van der Waals surface area contributed by atoms with Gasteiger partial charge < -0.3 is 10.2 Å². The summed E-state index contributed by atoms with van der Waals surface area (Å²) < 4.78 is 0. The molecule has 1 spiro atoms. The zero-order valence-electron chi connectivity index (χ0n) is 10.8. The first-order valence-corrected chi connectivity index (χ1v) is 7.05. The number of hydrogen-bond acceptors (Lipinski definition) is 2. The normalized spacial score (nSPS) is 34.2. The highest BCUT2D eigenvalue weighted by Crippen LogP contribution is 2.59. The largest absolute Gasteiger partial charge is 0.362 e. The molecule has 1 saturated carbocycles. The number of aliphatic hydroxyl groups is 2. The van der Waals surface area contributed by atoms with E-state index in [1.807, 2.05) is 0 Å². The van der Waals surface area contributed by atoms with E-state index in [1.165, 1.54) is 22.8 Å². The minimum absolute atomic E-state index is 0.0727. The van der Waals surface area contributed by atoms with Gasteiger partial charge in [-0.2, -0.15) is 0 Å². The van der Waals surface area contributed by atoms with Crippen molar-refractivity contribution in [2.45, 2.75) is 36.9 Å². The molecule has 0 aromatic heterocycles. The van der Waals surface area contributed by atoms with Crippen molar-refractivity contribution in [3.05, 3.63) is 59.2 Å². The molecule has 4 rings (SSSR count). The van der Waals surface area contributed by atoms with Crippen molar-refractivity contribution in [1.29, 1.82) is 0 Å². The van der Waals surface area contributed by atoms with Crippen LogP contribution < -0.4 is 0 Å². The van der Waals surface area contributed by atoms with Gasteiger partial charge in [-0.1, -0.05) is 42.0 Å². The quantitative estimate of drug-likeness (QED) is 0.698. The summed E-state index contributed by atoms with van der Waals surface area (Å²) >= 11 is 0. The Labute approximate surface area is 113 Å². The van der Waals surface area contributed by atoms with Gasteiger partial charge in [-0.25, -0.2) is 0 Å². The maximum Gasteiger partial charge on any atom is 0.190 e. The van der Waals surface area contributed by atoms with Gasteiger partial charge in [0.1, 0.15) is 0 Å². The molecule has 2 nitrogen and oxygen atoms in total. The van der Waals surface area contributed by atoms with Gasteiger partial charge in [-0.05, 0) is 42.9 Å². The van der Waals surface area contributed by atoms with Crippen LogP contribution in [-0.4, -0.2) is 16.0 Å². The summed E-state index contributed by atoms with van der Waals surface area (Å²) in [6.07, 6.45) is 9.49. The molecule has 19 heavy (non-hydrogen) atoms. The van der Waals surface area contributed by atoms with Crippen LogP contribution in [0.2, 0.25) is 0 Å². The maximum absolute atomic E-state index is 10.4. The first kappa shape index (κ1) is 11.4. The summed E-state index contributed by atoms with van der Waals surface area (Å²) in [5.41, 5.74) is 3.85. The van der Waals surface area contributed by atoms with E-state index in [4.69, 9.17) is 0 Å². The van der Waals surface area contributed by atoms with Crippen LogP contribution in [0.1, 0.15) is 30.4 Å². The van der Waals surface area contributed by atoms with Crippen LogP contribution in [0.25, 0.3) is 0 Å². The lowest BCUT2D eigenvalue weighted by Gasteiger charge is -2.40. The maximum atomic E-state index is 10.4. The second-order valence-electron chi connectivity index (χ2n) is 6.13. The predicted octanol–water partition coefficient (Wildman–Crippen LogP) is 2.46. The molecule has 0 heterocycles. The minimum Gasteiger partial charge on any atom is -0.362 e. The monoisotopic (exact) mass is 254 g/mol. The van der Waals surface area contributed by atoms with Crippen molar-refractivity contribution in [1.82, 2.24) is 0 Å². The zero-order chi connectivity index (χ0) is 13.1. The van der Waals surface area contributed by atoms with Crippen LogP contribution in [0, 0.1) is 5.92 Å². The van der Waals surface area contributed by atoms with Crippen molar-refractivity contribution >= 4 is 0 Å². The highest BCUT2D eigenvalue weighted by Gasteiger charge is 2.57. The van der Waals surface area contributed by atoms with Crippen LogP contribution >= 0.6 is 0 Å². The number of rotatable bonds is 0. The first-order chi connectivity index (χ1) is 9.13. The third-order valence-corrected chi connectivity index (χ3v) is 5.25. The third-order valence-electron chi connectivity index (χ3n) is 5.25. The highest BCUT2D eigenvalue weighted by molar-refractivity contribution is 5.47. The van der Waals surface area contributed by atoms with E-state index in [0.717, 1.165) is 25.7 Å². The fourth-order valence-electron chi connectivity index (χ4n) is 4.56. The van der Waals surface area contributed by atoms with Gasteiger partial charge in [0, 0.05) is 11.3 Å². The number of aryl methyl sites for hydroxylation is 1. The molecule has 3 aliphatic rings. The van der Waals surface area contributed by atoms with Gasteiger partial charge in [0.25, 0.3) is 0 Å². The molecule has 2 atom stereocenters. The molecule has 3 aliphatic carbocycles. The molecule has 2 N–H and O–H groups in total. The average Bonchev–Trinajstić information content (AvgIpc) is 2.95. The zero-order valence-corrected chi connectivity index (χ0v) is 10.8. The summed E-state index contributed by atoms with van der Waals surface area (Å²) in [5, 5.41) is 20.8. The smallest absolute Gasteiger partial charge is 0.190 e. The first-order valence-electron chi connectivity index (χ1n) is 7.05. The van der Waals surface area contributed by atoms with Crippen molar-refractivity contribution in [2.75, 3.05) is 0 Å². The van der Waals surface area contributed by atoms with Gasteiger partial charge in [-0.3, -0.25) is 0 Å². The Hall–Kier alpha value is -1.38. The molecule has 1 aromatic carbocycles. The van der Waals surface area contributed by atoms with Crippen molar-refractivity contribution in [3.63, 3.8) is 0 Å². The lowest BCUT2D eigenvalue weighted by Crippen LogP contribution is -2.46. The predicted molar refractivity (Wildman–Crippen MR) is 73.6 cm³/mol. The Kier molecular flexibility index (Phi) is 2.16. The lowest BCUT2D eigenvalue weighted by atomic mass is 9.67. The minimum atomic E-state index is -1.70. The third kappa shape index (κ3) is 1.39. The number of benzene rings is 1. The molecule has 2 unspecified atom stereocenters. The Bertz CT molecular complexity index is 597. The lowest BCUT2D eigenvalue weighted by molar-refractivity contribution is -0.164. The van der Waals surface area contributed by atoms with E-state index in [9.17, 15) is 10.2 Å². The summed E-state index contributed by atoms with van der Waals surface area (Å²) in [5.74, 6) is -1.87. The SMILES string of the molecule is OC1(O)C=CC=C2CCC3(CCc4ccccc43)C21. The molecule has 1 aromatic rings.